The molecule has 0 aromatic heterocycles. The molecule has 2 aliphatic rings. The SMILES string of the molecule is CC[C@H](CO)C(=O)N1CC2(CC[C@H](c3ccc(OC(F)F)c(C)c3)C2)C1. The van der Waals surface area contributed by atoms with E-state index in [4.69, 9.17) is 0 Å². The lowest BCUT2D eigenvalue weighted by Crippen LogP contribution is -2.58. The third-order valence-corrected chi connectivity index (χ3v) is 6.02. The van der Waals surface area contributed by atoms with Crippen LogP contribution in [-0.4, -0.2) is 42.2 Å². The van der Waals surface area contributed by atoms with Crippen LogP contribution in [0.1, 0.15) is 49.7 Å². The van der Waals surface area contributed by atoms with E-state index in [-0.39, 0.29) is 29.6 Å². The van der Waals surface area contributed by atoms with Gasteiger partial charge in [0, 0.05) is 18.5 Å². The zero-order valence-electron chi connectivity index (χ0n) is 15.4. The van der Waals surface area contributed by atoms with Gasteiger partial charge in [0.1, 0.15) is 5.75 Å². The van der Waals surface area contributed by atoms with Gasteiger partial charge in [0.05, 0.1) is 12.5 Å². The highest BCUT2D eigenvalue weighted by Gasteiger charge is 2.50. The van der Waals surface area contributed by atoms with Crippen molar-refractivity contribution in [3.63, 3.8) is 0 Å². The molecule has 1 saturated carbocycles. The molecule has 0 unspecified atom stereocenters. The maximum atomic E-state index is 12.4. The number of carbonyl (C=O) groups is 1. The first-order valence-electron chi connectivity index (χ1n) is 9.32. The summed E-state index contributed by atoms with van der Waals surface area (Å²) in [5, 5.41) is 9.31. The van der Waals surface area contributed by atoms with Crippen molar-refractivity contribution < 1.29 is 23.4 Å². The number of benzene rings is 1. The van der Waals surface area contributed by atoms with Crippen LogP contribution >= 0.6 is 0 Å². The zero-order chi connectivity index (χ0) is 18.9. The van der Waals surface area contributed by atoms with Crippen molar-refractivity contribution in [1.29, 1.82) is 0 Å². The third kappa shape index (κ3) is 3.70. The molecule has 1 amide bonds. The Hall–Kier alpha value is -1.69. The highest BCUT2D eigenvalue weighted by molar-refractivity contribution is 5.80. The molecule has 1 aromatic carbocycles. The topological polar surface area (TPSA) is 49.8 Å². The molecule has 144 valence electrons. The summed E-state index contributed by atoms with van der Waals surface area (Å²) >= 11 is 0. The fraction of sp³-hybridized carbons (Fsp3) is 0.650. The van der Waals surface area contributed by atoms with Gasteiger partial charge >= 0.3 is 6.61 Å². The number of alkyl halides is 2. The van der Waals surface area contributed by atoms with Crippen LogP contribution in [0.15, 0.2) is 18.2 Å². The minimum Gasteiger partial charge on any atom is -0.435 e. The molecule has 1 aliphatic heterocycles. The minimum absolute atomic E-state index is 0.0634. The summed E-state index contributed by atoms with van der Waals surface area (Å²) in [7, 11) is 0. The molecule has 26 heavy (non-hydrogen) atoms. The van der Waals surface area contributed by atoms with Crippen molar-refractivity contribution in [1.82, 2.24) is 4.90 Å². The van der Waals surface area contributed by atoms with Gasteiger partial charge in [-0.1, -0.05) is 19.1 Å². The molecule has 3 rings (SSSR count). The number of hydrogen-bond acceptors (Lipinski definition) is 3. The summed E-state index contributed by atoms with van der Waals surface area (Å²) < 4.78 is 29.3. The predicted octanol–water partition coefficient (Wildman–Crippen LogP) is 3.71. The third-order valence-electron chi connectivity index (χ3n) is 6.02. The number of aliphatic hydroxyl groups is 1. The Morgan fingerprint density at radius 2 is 2.15 bits per heavy atom. The van der Waals surface area contributed by atoms with E-state index >= 15 is 0 Å². The summed E-state index contributed by atoms with van der Waals surface area (Å²) in [5.41, 5.74) is 2.07. The Bertz CT molecular complexity index is 654. The number of amides is 1. The monoisotopic (exact) mass is 367 g/mol. The highest BCUT2D eigenvalue weighted by atomic mass is 19.3. The van der Waals surface area contributed by atoms with Crippen LogP contribution in [0.4, 0.5) is 8.78 Å². The number of ether oxygens (including phenoxy) is 1. The predicted molar refractivity (Wildman–Crippen MR) is 94.3 cm³/mol. The van der Waals surface area contributed by atoms with Crippen LogP contribution in [0.3, 0.4) is 0 Å². The summed E-state index contributed by atoms with van der Waals surface area (Å²) in [6.07, 6.45) is 3.80. The number of rotatable bonds is 6. The quantitative estimate of drug-likeness (QED) is 0.834. The Balaban J connectivity index is 1.60. The average molecular weight is 367 g/mol. The van der Waals surface area contributed by atoms with Crippen molar-refractivity contribution in [2.75, 3.05) is 19.7 Å². The highest BCUT2D eigenvalue weighted by Crippen LogP contribution is 2.52. The van der Waals surface area contributed by atoms with Crippen molar-refractivity contribution in [3.05, 3.63) is 29.3 Å². The number of aliphatic hydroxyl groups excluding tert-OH is 1. The van der Waals surface area contributed by atoms with E-state index in [0.717, 1.165) is 43.5 Å². The van der Waals surface area contributed by atoms with Crippen molar-refractivity contribution >= 4 is 5.91 Å². The minimum atomic E-state index is -2.81. The van der Waals surface area contributed by atoms with Gasteiger partial charge < -0.3 is 14.7 Å². The Kier molecular flexibility index (Phi) is 5.51. The molecule has 6 heteroatoms. The second-order valence-electron chi connectivity index (χ2n) is 7.83. The number of carbonyl (C=O) groups excluding carboxylic acids is 1. The molecule has 1 N–H and O–H groups in total. The lowest BCUT2D eigenvalue weighted by molar-refractivity contribution is -0.149. The molecular weight excluding hydrogens is 340 g/mol. The largest absolute Gasteiger partial charge is 0.435 e. The summed E-state index contributed by atoms with van der Waals surface area (Å²) in [5.74, 6) is 0.404. The molecule has 4 nitrogen and oxygen atoms in total. The molecule has 1 heterocycles. The van der Waals surface area contributed by atoms with Gasteiger partial charge in [0.25, 0.3) is 0 Å². The maximum Gasteiger partial charge on any atom is 0.387 e. The number of nitrogens with zero attached hydrogens (tertiary/aromatic N) is 1. The molecule has 1 spiro atoms. The smallest absolute Gasteiger partial charge is 0.387 e. The molecule has 2 atom stereocenters. The lowest BCUT2D eigenvalue weighted by Gasteiger charge is -2.49. The first-order valence-corrected chi connectivity index (χ1v) is 9.32. The Labute approximate surface area is 153 Å². The van der Waals surface area contributed by atoms with Crippen LogP contribution in [0.25, 0.3) is 0 Å². The average Bonchev–Trinajstić information content (AvgIpc) is 3.01. The fourth-order valence-electron chi connectivity index (χ4n) is 4.49. The standard InChI is InChI=1S/C20H27F2NO3/c1-3-14(10-24)18(25)23-11-20(12-23)7-6-16(9-20)15-4-5-17(13(2)8-15)26-19(21)22/h4-5,8,14,16,19,24H,3,6-7,9-12H2,1-2H3/t14-,16+/m1/s1. The molecule has 1 saturated heterocycles. The number of hydrogen-bond donors (Lipinski definition) is 1. The maximum absolute atomic E-state index is 12.4. The van der Waals surface area contributed by atoms with Crippen molar-refractivity contribution in [3.8, 4) is 5.75 Å². The first-order chi connectivity index (χ1) is 12.4. The van der Waals surface area contributed by atoms with Gasteiger partial charge in [-0.05, 0) is 55.7 Å². The van der Waals surface area contributed by atoms with Gasteiger partial charge in [0.15, 0.2) is 0 Å². The van der Waals surface area contributed by atoms with Crippen molar-refractivity contribution in [2.24, 2.45) is 11.3 Å². The van der Waals surface area contributed by atoms with E-state index < -0.39 is 6.61 Å². The van der Waals surface area contributed by atoms with E-state index in [2.05, 4.69) is 4.74 Å². The summed E-state index contributed by atoms with van der Waals surface area (Å²) in [4.78, 5) is 14.2. The molecule has 0 bridgehead atoms. The van der Waals surface area contributed by atoms with E-state index in [0.29, 0.717) is 12.3 Å². The Morgan fingerprint density at radius 1 is 1.42 bits per heavy atom. The number of likely N-dealkylation sites (tertiary alicyclic amines) is 1. The van der Waals surface area contributed by atoms with Crippen LogP contribution in [0.5, 0.6) is 5.75 Å². The lowest BCUT2D eigenvalue weighted by atomic mass is 9.76. The summed E-state index contributed by atoms with van der Waals surface area (Å²) in [6.45, 7) is 2.35. The van der Waals surface area contributed by atoms with Gasteiger partial charge in [-0.2, -0.15) is 8.78 Å². The van der Waals surface area contributed by atoms with Crippen molar-refractivity contribution in [2.45, 2.75) is 52.1 Å². The second-order valence-corrected chi connectivity index (χ2v) is 7.83. The molecule has 1 aromatic rings. The molecular formula is C20H27F2NO3. The van der Waals surface area contributed by atoms with Gasteiger partial charge in [-0.15, -0.1) is 0 Å². The molecule has 2 fully saturated rings. The van der Waals surface area contributed by atoms with Gasteiger partial charge in [0.2, 0.25) is 5.91 Å². The Morgan fingerprint density at radius 3 is 2.73 bits per heavy atom. The van der Waals surface area contributed by atoms with Gasteiger partial charge in [-0.25, -0.2) is 0 Å². The van der Waals surface area contributed by atoms with E-state index in [1.807, 2.05) is 24.0 Å². The summed E-state index contributed by atoms with van der Waals surface area (Å²) in [6, 6.07) is 5.46. The van der Waals surface area contributed by atoms with Crippen LogP contribution in [0, 0.1) is 18.3 Å². The van der Waals surface area contributed by atoms with Gasteiger partial charge in [-0.3, -0.25) is 4.79 Å². The second kappa shape index (κ2) is 7.51. The molecule has 0 radical (unpaired) electrons. The number of aryl methyl sites for hydroxylation is 1. The molecule has 1 aliphatic carbocycles. The van der Waals surface area contributed by atoms with Crippen LogP contribution < -0.4 is 4.74 Å². The normalized spacial score (nSPS) is 22.5. The van der Waals surface area contributed by atoms with Crippen LogP contribution in [-0.2, 0) is 4.79 Å². The van der Waals surface area contributed by atoms with E-state index in [1.165, 1.54) is 0 Å². The fourth-order valence-corrected chi connectivity index (χ4v) is 4.49. The van der Waals surface area contributed by atoms with E-state index in [9.17, 15) is 18.7 Å². The van der Waals surface area contributed by atoms with E-state index in [1.54, 1.807) is 13.0 Å². The first kappa shape index (κ1) is 19.1. The van der Waals surface area contributed by atoms with Crippen LogP contribution in [0.2, 0.25) is 0 Å². The number of halogens is 2. The zero-order valence-corrected chi connectivity index (χ0v) is 15.4.